The first-order chi connectivity index (χ1) is 13.8. The van der Waals surface area contributed by atoms with E-state index in [4.69, 9.17) is 0 Å². The van der Waals surface area contributed by atoms with Gasteiger partial charge < -0.3 is 9.80 Å². The number of carbonyl (C=O) groups is 2. The number of benzene rings is 2. The van der Waals surface area contributed by atoms with Gasteiger partial charge in [-0.2, -0.15) is 5.26 Å². The van der Waals surface area contributed by atoms with Gasteiger partial charge in [-0.05, 0) is 38.0 Å². The topological polar surface area (TPSA) is 64.4 Å². The van der Waals surface area contributed by atoms with Gasteiger partial charge in [-0.15, -0.1) is 0 Å². The highest BCUT2D eigenvalue weighted by molar-refractivity contribution is 6.00. The lowest BCUT2D eigenvalue weighted by molar-refractivity contribution is -0.170. The first-order valence-electron chi connectivity index (χ1n) is 9.92. The quantitative estimate of drug-likeness (QED) is 0.789. The van der Waals surface area contributed by atoms with Crippen molar-refractivity contribution in [1.82, 2.24) is 9.80 Å². The molecule has 2 atom stereocenters. The molecule has 0 saturated carbocycles. The van der Waals surface area contributed by atoms with Crippen LogP contribution in [0.2, 0.25) is 0 Å². The number of amides is 2. The Hall–Kier alpha value is -3.13. The van der Waals surface area contributed by atoms with E-state index < -0.39 is 11.6 Å². The Labute approximate surface area is 172 Å². The lowest BCUT2D eigenvalue weighted by atomic mass is 9.83. The van der Waals surface area contributed by atoms with Crippen molar-refractivity contribution in [2.75, 3.05) is 7.05 Å². The predicted molar refractivity (Wildman–Crippen MR) is 112 cm³/mol. The maximum atomic E-state index is 13.6. The van der Waals surface area contributed by atoms with Crippen LogP contribution in [0.15, 0.2) is 54.6 Å². The van der Waals surface area contributed by atoms with E-state index in [1.807, 2.05) is 63.2 Å². The molecule has 150 valence electrons. The van der Waals surface area contributed by atoms with Gasteiger partial charge in [0.15, 0.2) is 0 Å². The van der Waals surface area contributed by atoms with Crippen LogP contribution in [0, 0.1) is 11.3 Å². The Morgan fingerprint density at radius 1 is 1.07 bits per heavy atom. The summed E-state index contributed by atoms with van der Waals surface area (Å²) in [4.78, 5) is 30.4. The summed E-state index contributed by atoms with van der Waals surface area (Å²) < 4.78 is 0. The average Bonchev–Trinajstić information content (AvgIpc) is 2.70. The fourth-order valence-corrected chi connectivity index (χ4v) is 4.41. The molecular formula is C24H27N3O2. The van der Waals surface area contributed by atoms with Crippen molar-refractivity contribution in [2.45, 2.75) is 51.2 Å². The van der Waals surface area contributed by atoms with Crippen LogP contribution in [-0.4, -0.2) is 46.3 Å². The summed E-state index contributed by atoms with van der Waals surface area (Å²) in [6.07, 6.45) is 0.790. The van der Waals surface area contributed by atoms with E-state index in [2.05, 4.69) is 6.07 Å². The minimum absolute atomic E-state index is 0.0749. The van der Waals surface area contributed by atoms with Gasteiger partial charge in [0.05, 0.1) is 11.6 Å². The fraction of sp³-hybridized carbons (Fsp3) is 0.375. The molecule has 2 aromatic rings. The number of nitrogens with zero attached hydrogens (tertiary/aromatic N) is 3. The van der Waals surface area contributed by atoms with Gasteiger partial charge in [0.25, 0.3) is 0 Å². The predicted octanol–water partition coefficient (Wildman–Crippen LogP) is 3.18. The number of likely N-dealkylation sites (N-methyl/N-ethyl adjacent to an activating group) is 1. The molecule has 5 nitrogen and oxygen atoms in total. The maximum Gasteiger partial charge on any atom is 0.249 e. The van der Waals surface area contributed by atoms with Crippen molar-refractivity contribution in [1.29, 1.82) is 5.26 Å². The molecule has 5 heteroatoms. The highest BCUT2D eigenvalue weighted by Crippen LogP contribution is 2.33. The van der Waals surface area contributed by atoms with Gasteiger partial charge >= 0.3 is 0 Å². The van der Waals surface area contributed by atoms with Gasteiger partial charge in [0.1, 0.15) is 11.6 Å². The van der Waals surface area contributed by atoms with Gasteiger partial charge in [-0.3, -0.25) is 9.59 Å². The molecule has 1 saturated heterocycles. The summed E-state index contributed by atoms with van der Waals surface area (Å²) in [5.41, 5.74) is 1.38. The third-order valence-electron chi connectivity index (χ3n) is 5.76. The van der Waals surface area contributed by atoms with Crippen LogP contribution in [0.1, 0.15) is 37.5 Å². The van der Waals surface area contributed by atoms with Gasteiger partial charge in [0.2, 0.25) is 11.8 Å². The zero-order valence-corrected chi connectivity index (χ0v) is 17.4. The van der Waals surface area contributed by atoms with Crippen molar-refractivity contribution in [3.8, 4) is 6.07 Å². The normalized spacial score (nSPS) is 22.1. The standard InChI is InChI=1S/C24H27N3O2/c1-17(2)27-22(28)21(14-19-12-8-9-13-20(19)16-25)26(4)23(29)24(27,3)15-18-10-6-5-7-11-18/h5-13,17,21H,14-15H2,1-4H3. The molecule has 0 aromatic heterocycles. The smallest absolute Gasteiger partial charge is 0.249 e. The summed E-state index contributed by atoms with van der Waals surface area (Å²) in [5.74, 6) is -0.151. The number of piperazine rings is 1. The molecule has 0 spiro atoms. The molecule has 1 aliphatic rings. The molecule has 1 fully saturated rings. The van der Waals surface area contributed by atoms with E-state index in [0.717, 1.165) is 11.1 Å². The Morgan fingerprint density at radius 2 is 1.69 bits per heavy atom. The van der Waals surface area contributed by atoms with E-state index >= 15 is 0 Å². The second kappa shape index (κ2) is 8.08. The second-order valence-electron chi connectivity index (χ2n) is 8.14. The summed E-state index contributed by atoms with van der Waals surface area (Å²) in [6, 6.07) is 18.5. The van der Waals surface area contributed by atoms with Crippen LogP contribution >= 0.6 is 0 Å². The minimum Gasteiger partial charge on any atom is -0.331 e. The van der Waals surface area contributed by atoms with Crippen LogP contribution in [0.4, 0.5) is 0 Å². The zero-order chi connectivity index (χ0) is 21.2. The van der Waals surface area contributed by atoms with Crippen molar-refractivity contribution < 1.29 is 9.59 Å². The highest BCUT2D eigenvalue weighted by Gasteiger charge is 2.53. The minimum atomic E-state index is -0.952. The third kappa shape index (κ3) is 3.75. The molecule has 1 aliphatic heterocycles. The molecule has 1 heterocycles. The lowest BCUT2D eigenvalue weighted by Gasteiger charge is -2.52. The zero-order valence-electron chi connectivity index (χ0n) is 17.4. The molecule has 2 amide bonds. The van der Waals surface area contributed by atoms with Crippen molar-refractivity contribution >= 4 is 11.8 Å². The van der Waals surface area contributed by atoms with Crippen molar-refractivity contribution in [2.24, 2.45) is 0 Å². The van der Waals surface area contributed by atoms with E-state index in [-0.39, 0.29) is 17.9 Å². The van der Waals surface area contributed by atoms with Crippen LogP contribution in [0.5, 0.6) is 0 Å². The number of nitriles is 1. The van der Waals surface area contributed by atoms with E-state index in [1.54, 1.807) is 29.0 Å². The molecule has 2 aromatic carbocycles. The summed E-state index contributed by atoms with van der Waals surface area (Å²) in [6.45, 7) is 5.75. The first-order valence-corrected chi connectivity index (χ1v) is 9.92. The summed E-state index contributed by atoms with van der Waals surface area (Å²) in [7, 11) is 1.70. The lowest BCUT2D eigenvalue weighted by Crippen LogP contribution is -2.72. The molecular weight excluding hydrogens is 362 g/mol. The van der Waals surface area contributed by atoms with Gasteiger partial charge in [-0.1, -0.05) is 48.5 Å². The monoisotopic (exact) mass is 389 g/mol. The highest BCUT2D eigenvalue weighted by atomic mass is 16.2. The molecule has 0 N–H and O–H groups in total. The molecule has 2 unspecified atom stereocenters. The third-order valence-corrected chi connectivity index (χ3v) is 5.76. The second-order valence-corrected chi connectivity index (χ2v) is 8.14. The number of hydrogen-bond donors (Lipinski definition) is 0. The number of rotatable bonds is 5. The Kier molecular flexibility index (Phi) is 5.74. The van der Waals surface area contributed by atoms with Crippen LogP contribution in [0.3, 0.4) is 0 Å². The van der Waals surface area contributed by atoms with Crippen LogP contribution in [0.25, 0.3) is 0 Å². The number of hydrogen-bond acceptors (Lipinski definition) is 3. The van der Waals surface area contributed by atoms with Crippen LogP contribution in [-0.2, 0) is 22.4 Å². The first kappa shape index (κ1) is 20.6. The maximum absolute atomic E-state index is 13.6. The molecule has 0 bridgehead atoms. The van der Waals surface area contributed by atoms with E-state index in [0.29, 0.717) is 18.4 Å². The summed E-state index contributed by atoms with van der Waals surface area (Å²) >= 11 is 0. The average molecular weight is 389 g/mol. The van der Waals surface area contributed by atoms with E-state index in [1.165, 1.54) is 0 Å². The Balaban J connectivity index is 1.98. The molecule has 0 radical (unpaired) electrons. The van der Waals surface area contributed by atoms with E-state index in [9.17, 15) is 14.9 Å². The molecule has 0 aliphatic carbocycles. The van der Waals surface area contributed by atoms with Crippen LogP contribution < -0.4 is 0 Å². The van der Waals surface area contributed by atoms with Crippen molar-refractivity contribution in [3.05, 3.63) is 71.3 Å². The Bertz CT molecular complexity index is 948. The SMILES string of the molecule is CC(C)N1C(=O)C(Cc2ccccc2C#N)N(C)C(=O)C1(C)Cc1ccccc1. The summed E-state index contributed by atoms with van der Waals surface area (Å²) in [5, 5.41) is 9.39. The van der Waals surface area contributed by atoms with Gasteiger partial charge in [-0.25, -0.2) is 0 Å². The number of carbonyl (C=O) groups excluding carboxylic acids is 2. The fourth-order valence-electron chi connectivity index (χ4n) is 4.41. The van der Waals surface area contributed by atoms with Crippen molar-refractivity contribution in [3.63, 3.8) is 0 Å². The van der Waals surface area contributed by atoms with Gasteiger partial charge in [0, 0.05) is 25.9 Å². The Morgan fingerprint density at radius 3 is 2.31 bits per heavy atom. The largest absolute Gasteiger partial charge is 0.331 e. The molecule has 3 rings (SSSR count). The molecule has 29 heavy (non-hydrogen) atoms.